The molecule has 4 nitrogen and oxygen atoms in total. The third-order valence-corrected chi connectivity index (χ3v) is 4.09. The molecule has 2 rings (SSSR count). The highest BCUT2D eigenvalue weighted by Gasteiger charge is 2.15. The Hall–Kier alpha value is -1.85. The summed E-state index contributed by atoms with van der Waals surface area (Å²) in [6.45, 7) is 2.42. The molecule has 0 amide bonds. The highest BCUT2D eigenvalue weighted by Crippen LogP contribution is 2.20. The number of hydrogen-bond donors (Lipinski definition) is 0. The second-order valence-corrected chi connectivity index (χ2v) is 6.14. The molecule has 0 saturated carbocycles. The Morgan fingerprint density at radius 1 is 1.00 bits per heavy atom. The van der Waals surface area contributed by atoms with Crippen LogP contribution in [0.3, 0.4) is 0 Å². The number of hydrogen-bond acceptors (Lipinski definition) is 4. The van der Waals surface area contributed by atoms with E-state index >= 15 is 0 Å². The first-order chi connectivity index (χ1) is 10.1. The molecule has 5 heteroatoms. The molecule has 21 heavy (non-hydrogen) atoms. The Labute approximate surface area is 125 Å². The minimum absolute atomic E-state index is 0.113. The van der Waals surface area contributed by atoms with Crippen molar-refractivity contribution in [2.75, 3.05) is 6.61 Å². The van der Waals surface area contributed by atoms with E-state index in [9.17, 15) is 8.42 Å². The molecule has 0 spiro atoms. The average molecular weight is 306 g/mol. The summed E-state index contributed by atoms with van der Waals surface area (Å²) in [5.74, 6) is 0.500. The van der Waals surface area contributed by atoms with Gasteiger partial charge in [-0.05, 0) is 24.1 Å². The minimum Gasteiger partial charge on any atom is -0.489 e. The topological polar surface area (TPSA) is 52.6 Å². The molecule has 0 heterocycles. The van der Waals surface area contributed by atoms with Gasteiger partial charge in [-0.3, -0.25) is 4.18 Å². The summed E-state index contributed by atoms with van der Waals surface area (Å²) in [5, 5.41) is 0. The van der Waals surface area contributed by atoms with E-state index in [0.29, 0.717) is 18.8 Å². The van der Waals surface area contributed by atoms with Crippen LogP contribution in [-0.4, -0.2) is 15.0 Å². The van der Waals surface area contributed by atoms with Crippen LogP contribution >= 0.6 is 0 Å². The third-order valence-electron chi connectivity index (χ3n) is 2.79. The SMILES string of the molecule is CCCOS(=O)(=O)c1cccc(OCc2ccccc2)c1. The van der Waals surface area contributed by atoms with Gasteiger partial charge in [0.1, 0.15) is 12.4 Å². The van der Waals surface area contributed by atoms with E-state index in [2.05, 4.69) is 0 Å². The monoisotopic (exact) mass is 306 g/mol. The summed E-state index contributed by atoms with van der Waals surface area (Å²) in [5.41, 5.74) is 1.02. The molecule has 0 saturated heterocycles. The summed E-state index contributed by atoms with van der Waals surface area (Å²) < 4.78 is 34.4. The van der Waals surface area contributed by atoms with Gasteiger partial charge in [-0.1, -0.05) is 43.3 Å². The van der Waals surface area contributed by atoms with Crippen LogP contribution in [0.5, 0.6) is 5.75 Å². The molecule has 2 aromatic rings. The molecular weight excluding hydrogens is 288 g/mol. The molecule has 0 aliphatic carbocycles. The van der Waals surface area contributed by atoms with Crippen molar-refractivity contribution < 1.29 is 17.3 Å². The van der Waals surface area contributed by atoms with Crippen molar-refractivity contribution in [2.45, 2.75) is 24.8 Å². The fraction of sp³-hybridized carbons (Fsp3) is 0.250. The Morgan fingerprint density at radius 2 is 1.76 bits per heavy atom. The van der Waals surface area contributed by atoms with Crippen LogP contribution in [-0.2, 0) is 20.9 Å². The van der Waals surface area contributed by atoms with Crippen molar-refractivity contribution in [1.29, 1.82) is 0 Å². The molecule has 0 aliphatic heterocycles. The fourth-order valence-corrected chi connectivity index (χ4v) is 2.75. The predicted octanol–water partition coefficient (Wildman–Crippen LogP) is 3.38. The average Bonchev–Trinajstić information content (AvgIpc) is 2.52. The molecule has 0 unspecified atom stereocenters. The van der Waals surface area contributed by atoms with E-state index in [1.54, 1.807) is 12.1 Å². The number of rotatable bonds is 7. The van der Waals surface area contributed by atoms with Crippen molar-refractivity contribution in [1.82, 2.24) is 0 Å². The van der Waals surface area contributed by atoms with E-state index in [1.807, 2.05) is 37.3 Å². The van der Waals surface area contributed by atoms with Crippen LogP contribution in [0, 0.1) is 0 Å². The molecule has 0 atom stereocenters. The maximum Gasteiger partial charge on any atom is 0.297 e. The molecule has 0 fully saturated rings. The van der Waals surface area contributed by atoms with E-state index in [-0.39, 0.29) is 11.5 Å². The number of ether oxygens (including phenoxy) is 1. The lowest BCUT2D eigenvalue weighted by molar-refractivity contribution is 0.303. The summed E-state index contributed by atoms with van der Waals surface area (Å²) in [6.07, 6.45) is 0.642. The number of benzene rings is 2. The van der Waals surface area contributed by atoms with Crippen LogP contribution in [0.4, 0.5) is 0 Å². The van der Waals surface area contributed by atoms with Gasteiger partial charge in [0.25, 0.3) is 10.1 Å². The Morgan fingerprint density at radius 3 is 2.48 bits per heavy atom. The lowest BCUT2D eigenvalue weighted by Gasteiger charge is -2.09. The van der Waals surface area contributed by atoms with Crippen molar-refractivity contribution >= 4 is 10.1 Å². The summed E-state index contributed by atoms with van der Waals surface area (Å²) in [7, 11) is -3.71. The van der Waals surface area contributed by atoms with Crippen molar-refractivity contribution in [3.8, 4) is 5.75 Å². The van der Waals surface area contributed by atoms with Gasteiger partial charge < -0.3 is 4.74 Å². The van der Waals surface area contributed by atoms with Gasteiger partial charge in [0, 0.05) is 6.07 Å². The van der Waals surface area contributed by atoms with Gasteiger partial charge in [0.2, 0.25) is 0 Å². The molecule has 0 aliphatic rings. The van der Waals surface area contributed by atoms with Crippen LogP contribution in [0.15, 0.2) is 59.5 Å². The second-order valence-electron chi connectivity index (χ2n) is 4.53. The zero-order chi connectivity index (χ0) is 15.1. The zero-order valence-corrected chi connectivity index (χ0v) is 12.7. The van der Waals surface area contributed by atoms with Crippen molar-refractivity contribution in [2.24, 2.45) is 0 Å². The van der Waals surface area contributed by atoms with Crippen LogP contribution < -0.4 is 4.74 Å². The molecule has 112 valence electrons. The predicted molar refractivity (Wildman–Crippen MR) is 80.6 cm³/mol. The zero-order valence-electron chi connectivity index (χ0n) is 11.9. The quantitative estimate of drug-likeness (QED) is 0.736. The van der Waals surface area contributed by atoms with Gasteiger partial charge in [-0.15, -0.1) is 0 Å². The second kappa shape index (κ2) is 7.24. The molecule has 0 N–H and O–H groups in total. The largest absolute Gasteiger partial charge is 0.489 e. The summed E-state index contributed by atoms with van der Waals surface area (Å²) in [6, 6.07) is 16.0. The van der Waals surface area contributed by atoms with Crippen molar-refractivity contribution in [3.63, 3.8) is 0 Å². The molecule has 0 bridgehead atoms. The Bertz CT molecular complexity index is 666. The standard InChI is InChI=1S/C16H18O4S/c1-2-11-20-21(17,18)16-10-6-9-15(12-16)19-13-14-7-4-3-5-8-14/h3-10,12H,2,11,13H2,1H3. The van der Waals surface area contributed by atoms with E-state index < -0.39 is 10.1 Å². The van der Waals surface area contributed by atoms with Gasteiger partial charge in [0.05, 0.1) is 11.5 Å². The first kappa shape index (κ1) is 15.5. The van der Waals surface area contributed by atoms with Crippen molar-refractivity contribution in [3.05, 3.63) is 60.2 Å². The fourth-order valence-electron chi connectivity index (χ4n) is 1.72. The highest BCUT2D eigenvalue weighted by molar-refractivity contribution is 7.86. The van der Waals surface area contributed by atoms with Gasteiger partial charge in [0.15, 0.2) is 0 Å². The van der Waals surface area contributed by atoms with Crippen LogP contribution in [0.1, 0.15) is 18.9 Å². The Balaban J connectivity index is 2.07. The van der Waals surface area contributed by atoms with Gasteiger partial charge in [-0.25, -0.2) is 0 Å². The van der Waals surface area contributed by atoms with Crippen LogP contribution in [0.2, 0.25) is 0 Å². The lowest BCUT2D eigenvalue weighted by Crippen LogP contribution is -2.07. The maximum atomic E-state index is 11.9. The maximum absolute atomic E-state index is 11.9. The molecule has 2 aromatic carbocycles. The summed E-state index contributed by atoms with van der Waals surface area (Å²) in [4.78, 5) is 0.113. The highest BCUT2D eigenvalue weighted by atomic mass is 32.2. The molecular formula is C16H18O4S. The van der Waals surface area contributed by atoms with Crippen LogP contribution in [0.25, 0.3) is 0 Å². The first-order valence-electron chi connectivity index (χ1n) is 6.78. The van der Waals surface area contributed by atoms with Gasteiger partial charge in [-0.2, -0.15) is 8.42 Å². The first-order valence-corrected chi connectivity index (χ1v) is 8.19. The van der Waals surface area contributed by atoms with E-state index in [1.165, 1.54) is 12.1 Å². The summed E-state index contributed by atoms with van der Waals surface area (Å²) >= 11 is 0. The Kier molecular flexibility index (Phi) is 5.36. The van der Waals surface area contributed by atoms with E-state index in [0.717, 1.165) is 5.56 Å². The lowest BCUT2D eigenvalue weighted by atomic mass is 10.2. The van der Waals surface area contributed by atoms with E-state index in [4.69, 9.17) is 8.92 Å². The normalized spacial score (nSPS) is 11.3. The van der Waals surface area contributed by atoms with Gasteiger partial charge >= 0.3 is 0 Å². The molecule has 0 radical (unpaired) electrons. The molecule has 0 aromatic heterocycles. The third kappa shape index (κ3) is 4.58. The smallest absolute Gasteiger partial charge is 0.297 e. The minimum atomic E-state index is -3.71.